The molecule has 9 heteroatoms. The van der Waals surface area contributed by atoms with Gasteiger partial charge in [-0.2, -0.15) is 0 Å². The van der Waals surface area contributed by atoms with E-state index < -0.39 is 0 Å². The Kier molecular flexibility index (Phi) is 10.1. The van der Waals surface area contributed by atoms with E-state index in [0.717, 1.165) is 45.1 Å². The van der Waals surface area contributed by atoms with Gasteiger partial charge in [0.05, 0.1) is 22.1 Å². The van der Waals surface area contributed by atoms with E-state index in [1.807, 2.05) is 32.3 Å². The van der Waals surface area contributed by atoms with Crippen molar-refractivity contribution < 1.29 is 78.1 Å². The molecule has 0 aliphatic rings. The molecule has 0 saturated heterocycles. The molecule has 3 heterocycles. The van der Waals surface area contributed by atoms with Gasteiger partial charge in [0, 0.05) is 14.1 Å². The first-order chi connectivity index (χ1) is 13.5. The molecule has 0 bridgehead atoms. The van der Waals surface area contributed by atoms with Crippen molar-refractivity contribution in [2.45, 2.75) is 13.8 Å². The molecule has 32 heavy (non-hydrogen) atoms. The third kappa shape index (κ3) is 4.97. The van der Waals surface area contributed by atoms with Gasteiger partial charge in [-0.25, -0.2) is 15.0 Å². The molecule has 0 unspecified atom stereocenters. The Morgan fingerprint density at radius 2 is 1.00 bits per heavy atom. The minimum Gasteiger partial charge on any atom is -1.00 e. The molecule has 0 saturated carbocycles. The smallest absolute Gasteiger partial charge is 1.00 e. The zero-order chi connectivity index (χ0) is 19.4. The van der Waals surface area contributed by atoms with Crippen molar-refractivity contribution in [1.29, 1.82) is 0 Å². The zero-order valence-corrected chi connectivity index (χ0v) is 23.5. The molecule has 0 N–H and O–H groups in total. The molecule has 0 spiro atoms. The number of pyridine rings is 1. The average molecular weight is 618 g/mol. The van der Waals surface area contributed by atoms with Crippen molar-refractivity contribution in [1.82, 2.24) is 24.1 Å². The van der Waals surface area contributed by atoms with Crippen LogP contribution in [0.3, 0.4) is 0 Å². The molecule has 5 rings (SSSR count). The van der Waals surface area contributed by atoms with E-state index in [1.165, 1.54) is 11.1 Å². The number of rotatable bonds is 2. The number of halogens is 3. The topological polar surface area (TPSA) is 48.5 Å². The molecule has 5 nitrogen and oxygen atoms in total. The van der Waals surface area contributed by atoms with Gasteiger partial charge in [-0.1, -0.05) is 18.2 Å². The summed E-state index contributed by atoms with van der Waals surface area (Å²) in [6.07, 6.45) is 0. The van der Waals surface area contributed by atoms with E-state index in [1.54, 1.807) is 0 Å². The standard InChI is InChI=1S/C23H21N5.3ClH.Nd/c1-14-8-10-20-18(12-14)25-22(27(20)3)16-6-5-7-17(24-16)23-26-19-13-15(2)9-11-21(19)28(23)4;;;;/h5-13H,1-4H3;3*1H;/q;;;;+3/p-3. The summed E-state index contributed by atoms with van der Waals surface area (Å²) in [7, 11) is 4.07. The first-order valence-corrected chi connectivity index (χ1v) is 9.35. The maximum Gasteiger partial charge on any atom is 3.00 e. The van der Waals surface area contributed by atoms with Crippen LogP contribution >= 0.6 is 0 Å². The van der Waals surface area contributed by atoms with Crippen molar-refractivity contribution >= 4 is 22.1 Å². The minimum absolute atomic E-state index is 0. The number of benzene rings is 2. The second-order valence-electron chi connectivity index (χ2n) is 7.38. The van der Waals surface area contributed by atoms with Gasteiger partial charge in [0.1, 0.15) is 11.4 Å². The Morgan fingerprint density at radius 3 is 1.41 bits per heavy atom. The van der Waals surface area contributed by atoms with Gasteiger partial charge < -0.3 is 46.4 Å². The monoisotopic (exact) mass is 614 g/mol. The maximum absolute atomic E-state index is 4.90. The van der Waals surface area contributed by atoms with Crippen molar-refractivity contribution in [2.24, 2.45) is 14.1 Å². The Bertz CT molecular complexity index is 1280. The van der Waals surface area contributed by atoms with Gasteiger partial charge in [-0.3, -0.25) is 0 Å². The summed E-state index contributed by atoms with van der Waals surface area (Å²) in [5, 5.41) is 0. The summed E-state index contributed by atoms with van der Waals surface area (Å²) in [5.74, 6) is 1.72. The van der Waals surface area contributed by atoms with Crippen LogP contribution in [-0.4, -0.2) is 24.1 Å². The summed E-state index contributed by atoms with van der Waals surface area (Å²) >= 11 is 0. The molecular weight excluding hydrogens is 597 g/mol. The fourth-order valence-electron chi connectivity index (χ4n) is 3.76. The Morgan fingerprint density at radius 1 is 0.594 bits per heavy atom. The van der Waals surface area contributed by atoms with Crippen LogP contribution in [0.4, 0.5) is 0 Å². The van der Waals surface area contributed by atoms with E-state index in [9.17, 15) is 0 Å². The SMILES string of the molecule is Cc1ccc2c(c1)nc(-c1cccc(-c3nc4cc(C)ccc4n3C)n1)n2C.[Cl-].[Cl-].[Cl-].[Nd+3]. The maximum atomic E-state index is 4.90. The van der Waals surface area contributed by atoms with Crippen LogP contribution < -0.4 is 37.2 Å². The fraction of sp³-hybridized carbons (Fsp3) is 0.174. The number of hydrogen-bond donors (Lipinski definition) is 0. The number of aryl methyl sites for hydroxylation is 4. The Hall–Kier alpha value is -1.25. The fourth-order valence-corrected chi connectivity index (χ4v) is 3.76. The van der Waals surface area contributed by atoms with Crippen LogP contribution in [0.15, 0.2) is 54.6 Å². The minimum atomic E-state index is 0. The van der Waals surface area contributed by atoms with Crippen LogP contribution in [-0.2, 0) is 14.1 Å². The molecule has 0 aliphatic carbocycles. The first-order valence-electron chi connectivity index (χ1n) is 9.35. The largest absolute Gasteiger partial charge is 3.00 e. The van der Waals surface area contributed by atoms with E-state index in [-0.39, 0.29) is 78.1 Å². The first kappa shape index (κ1) is 28.8. The van der Waals surface area contributed by atoms with Gasteiger partial charge in [0.25, 0.3) is 0 Å². The van der Waals surface area contributed by atoms with E-state index in [2.05, 4.69) is 59.4 Å². The Balaban J connectivity index is 0.00000128. The van der Waals surface area contributed by atoms with Crippen LogP contribution in [0.2, 0.25) is 0 Å². The molecule has 0 aliphatic heterocycles. The molecule has 3 aromatic heterocycles. The number of nitrogens with zero attached hydrogens (tertiary/aromatic N) is 5. The van der Waals surface area contributed by atoms with Gasteiger partial charge >= 0.3 is 40.8 Å². The van der Waals surface area contributed by atoms with Crippen LogP contribution in [0.25, 0.3) is 45.1 Å². The van der Waals surface area contributed by atoms with Gasteiger partial charge in [-0.05, 0) is 61.4 Å². The zero-order valence-electron chi connectivity index (χ0n) is 18.1. The van der Waals surface area contributed by atoms with Gasteiger partial charge in [0.15, 0.2) is 11.6 Å². The molecule has 0 atom stereocenters. The van der Waals surface area contributed by atoms with E-state index >= 15 is 0 Å². The van der Waals surface area contributed by atoms with Crippen molar-refractivity contribution in [2.75, 3.05) is 0 Å². The van der Waals surface area contributed by atoms with E-state index in [0.29, 0.717) is 0 Å². The second-order valence-corrected chi connectivity index (χ2v) is 7.38. The predicted molar refractivity (Wildman–Crippen MR) is 113 cm³/mol. The number of fused-ring (bicyclic) bond motifs is 2. The number of hydrogen-bond acceptors (Lipinski definition) is 3. The summed E-state index contributed by atoms with van der Waals surface area (Å²) in [5.41, 5.74) is 8.28. The molecule has 163 valence electrons. The quantitative estimate of drug-likeness (QED) is 0.202. The predicted octanol–water partition coefficient (Wildman–Crippen LogP) is -4.18. The summed E-state index contributed by atoms with van der Waals surface area (Å²) in [6, 6.07) is 18.7. The molecule has 0 fully saturated rings. The van der Waals surface area contributed by atoms with Crippen molar-refractivity contribution in [3.8, 4) is 23.0 Å². The number of imidazole rings is 2. The van der Waals surface area contributed by atoms with Gasteiger partial charge in [-0.15, -0.1) is 0 Å². The van der Waals surface area contributed by atoms with Crippen molar-refractivity contribution in [3.63, 3.8) is 0 Å². The van der Waals surface area contributed by atoms with Crippen LogP contribution in [0.5, 0.6) is 0 Å². The van der Waals surface area contributed by atoms with E-state index in [4.69, 9.17) is 15.0 Å². The molecule has 5 aromatic rings. The summed E-state index contributed by atoms with van der Waals surface area (Å²) < 4.78 is 4.19. The summed E-state index contributed by atoms with van der Waals surface area (Å²) in [6.45, 7) is 4.17. The molecular formula is C23H21Cl3N5Nd. The number of aromatic nitrogens is 5. The molecule has 1 radical (unpaired) electrons. The van der Waals surface area contributed by atoms with Crippen LogP contribution in [0, 0.1) is 54.7 Å². The molecule has 2 aromatic carbocycles. The second kappa shape index (κ2) is 11.3. The third-order valence-corrected chi connectivity index (χ3v) is 5.28. The average Bonchev–Trinajstić information content (AvgIpc) is 3.18. The summed E-state index contributed by atoms with van der Waals surface area (Å²) in [4.78, 5) is 14.6. The third-order valence-electron chi connectivity index (χ3n) is 5.28. The Labute approximate surface area is 238 Å². The van der Waals surface area contributed by atoms with Gasteiger partial charge in [0.2, 0.25) is 0 Å². The normalized spacial score (nSPS) is 10.1. The van der Waals surface area contributed by atoms with Crippen LogP contribution in [0.1, 0.15) is 11.1 Å². The molecule has 0 amide bonds. The van der Waals surface area contributed by atoms with Crippen molar-refractivity contribution in [3.05, 3.63) is 65.7 Å².